The van der Waals surface area contributed by atoms with Crippen LogP contribution in [0.4, 0.5) is 5.69 Å². The van der Waals surface area contributed by atoms with Gasteiger partial charge >= 0.3 is 0 Å². The lowest BCUT2D eigenvalue weighted by Gasteiger charge is -2.14. The zero-order valence-corrected chi connectivity index (χ0v) is 20.3. The average molecular weight is 476 g/mol. The van der Waals surface area contributed by atoms with Gasteiger partial charge in [0.1, 0.15) is 0 Å². The number of benzene rings is 5. The summed E-state index contributed by atoms with van der Waals surface area (Å²) in [6.07, 6.45) is 0. The third kappa shape index (κ3) is 4.19. The van der Waals surface area contributed by atoms with E-state index in [0.717, 1.165) is 49.3 Å². The molecule has 0 heterocycles. The SMILES string of the molecule is [O-][N+](=C1C(c2ccccc2)=C(c2ccccc2)C(c2ccccc2)=C1c1ccccc1)c1ccccc1. The Morgan fingerprint density at radius 1 is 0.324 bits per heavy atom. The molecule has 0 unspecified atom stereocenters. The number of rotatable bonds is 5. The molecule has 176 valence electrons. The molecule has 0 saturated heterocycles. The van der Waals surface area contributed by atoms with Crippen LogP contribution in [0, 0.1) is 5.21 Å². The van der Waals surface area contributed by atoms with E-state index in [9.17, 15) is 5.21 Å². The van der Waals surface area contributed by atoms with E-state index in [4.69, 9.17) is 0 Å². The summed E-state index contributed by atoms with van der Waals surface area (Å²) < 4.78 is 1.10. The Hall–Kier alpha value is -4.95. The summed E-state index contributed by atoms with van der Waals surface area (Å²) in [5.74, 6) is 0. The standard InChI is InChI=1S/C35H25NO/c37-36(30-24-14-5-15-25-30)35-33(28-20-10-3-11-21-28)31(26-16-6-1-7-17-26)32(27-18-8-2-9-19-27)34(35)29-22-12-4-13-23-29/h1-25H. The van der Waals surface area contributed by atoms with Gasteiger partial charge in [-0.05, 0) is 22.3 Å². The van der Waals surface area contributed by atoms with Crippen LogP contribution in [0.2, 0.25) is 0 Å². The average Bonchev–Trinajstić information content (AvgIpc) is 3.35. The molecular formula is C35H25NO. The first-order valence-corrected chi connectivity index (χ1v) is 12.4. The maximum absolute atomic E-state index is 14.4. The first-order valence-electron chi connectivity index (χ1n) is 12.4. The minimum absolute atomic E-state index is 0.598. The van der Waals surface area contributed by atoms with Crippen molar-refractivity contribution in [1.82, 2.24) is 0 Å². The first kappa shape index (κ1) is 22.5. The summed E-state index contributed by atoms with van der Waals surface area (Å²) >= 11 is 0. The summed E-state index contributed by atoms with van der Waals surface area (Å²) in [7, 11) is 0. The van der Waals surface area contributed by atoms with E-state index in [1.165, 1.54) is 0 Å². The Bertz CT molecular complexity index is 1520. The largest absolute Gasteiger partial charge is 0.618 e. The molecule has 0 amide bonds. The summed E-state index contributed by atoms with van der Waals surface area (Å²) in [4.78, 5) is 0. The fraction of sp³-hybridized carbons (Fsp3) is 0. The van der Waals surface area contributed by atoms with Gasteiger partial charge in [0, 0.05) is 23.3 Å². The van der Waals surface area contributed by atoms with E-state index in [2.05, 4.69) is 72.8 Å². The summed E-state index contributed by atoms with van der Waals surface area (Å²) in [5.41, 5.74) is 9.40. The van der Waals surface area contributed by atoms with E-state index in [0.29, 0.717) is 11.4 Å². The minimum Gasteiger partial charge on any atom is -0.618 e. The number of hydrogen-bond donors (Lipinski definition) is 0. The van der Waals surface area contributed by atoms with E-state index >= 15 is 0 Å². The molecule has 1 aliphatic carbocycles. The maximum atomic E-state index is 14.4. The molecule has 1 aliphatic rings. The summed E-state index contributed by atoms with van der Waals surface area (Å²) in [5, 5.41) is 14.4. The highest BCUT2D eigenvalue weighted by molar-refractivity contribution is 6.59. The van der Waals surface area contributed by atoms with Gasteiger partial charge < -0.3 is 5.21 Å². The van der Waals surface area contributed by atoms with Crippen molar-refractivity contribution in [2.75, 3.05) is 0 Å². The number of nitrogens with zero attached hydrogens (tertiary/aromatic N) is 1. The molecular weight excluding hydrogens is 450 g/mol. The van der Waals surface area contributed by atoms with Crippen molar-refractivity contribution in [2.45, 2.75) is 0 Å². The van der Waals surface area contributed by atoms with Crippen LogP contribution in [-0.4, -0.2) is 10.5 Å². The van der Waals surface area contributed by atoms with Gasteiger partial charge in [-0.3, -0.25) is 0 Å². The highest BCUT2D eigenvalue weighted by atomic mass is 16.5. The third-order valence-corrected chi connectivity index (χ3v) is 6.67. The van der Waals surface area contributed by atoms with Crippen LogP contribution in [0.15, 0.2) is 152 Å². The molecule has 2 heteroatoms. The maximum Gasteiger partial charge on any atom is 0.234 e. The first-order chi connectivity index (χ1) is 18.3. The van der Waals surface area contributed by atoms with Crippen LogP contribution in [0.5, 0.6) is 0 Å². The van der Waals surface area contributed by atoms with E-state index in [-0.39, 0.29) is 0 Å². The molecule has 2 nitrogen and oxygen atoms in total. The molecule has 0 spiro atoms. The highest BCUT2D eigenvalue weighted by Gasteiger charge is 2.39. The molecule has 5 aromatic rings. The van der Waals surface area contributed by atoms with E-state index in [1.54, 1.807) is 0 Å². The van der Waals surface area contributed by atoms with Gasteiger partial charge in [0.25, 0.3) is 0 Å². The van der Waals surface area contributed by atoms with Crippen molar-refractivity contribution >= 4 is 33.7 Å². The van der Waals surface area contributed by atoms with Crippen molar-refractivity contribution < 1.29 is 4.74 Å². The quantitative estimate of drug-likeness (QED) is 0.142. The van der Waals surface area contributed by atoms with Crippen molar-refractivity contribution in [2.24, 2.45) is 0 Å². The molecule has 5 aromatic carbocycles. The predicted molar refractivity (Wildman–Crippen MR) is 154 cm³/mol. The fourth-order valence-electron chi connectivity index (χ4n) is 5.07. The van der Waals surface area contributed by atoms with Gasteiger partial charge in [0.2, 0.25) is 11.4 Å². The molecule has 0 aliphatic heterocycles. The second-order valence-electron chi connectivity index (χ2n) is 8.94. The summed E-state index contributed by atoms with van der Waals surface area (Å²) in [6, 6.07) is 50.8. The second-order valence-corrected chi connectivity index (χ2v) is 8.94. The Morgan fingerprint density at radius 3 is 0.919 bits per heavy atom. The van der Waals surface area contributed by atoms with Crippen LogP contribution in [0.1, 0.15) is 22.3 Å². The Labute approximate surface area is 217 Å². The van der Waals surface area contributed by atoms with Crippen molar-refractivity contribution in [3.05, 3.63) is 179 Å². The van der Waals surface area contributed by atoms with Gasteiger partial charge in [0.05, 0.1) is 11.1 Å². The van der Waals surface area contributed by atoms with E-state index < -0.39 is 0 Å². The molecule has 0 bridgehead atoms. The lowest BCUT2D eigenvalue weighted by Crippen LogP contribution is -2.14. The monoisotopic (exact) mass is 475 g/mol. The lowest BCUT2D eigenvalue weighted by molar-refractivity contribution is -0.357. The molecule has 6 rings (SSSR count). The Kier molecular flexibility index (Phi) is 6.06. The molecule has 0 saturated carbocycles. The fourth-order valence-corrected chi connectivity index (χ4v) is 5.07. The van der Waals surface area contributed by atoms with Crippen LogP contribution in [-0.2, 0) is 0 Å². The molecule has 0 N–H and O–H groups in total. The van der Waals surface area contributed by atoms with Crippen molar-refractivity contribution in [3.63, 3.8) is 0 Å². The zero-order chi connectivity index (χ0) is 25.0. The molecule has 0 radical (unpaired) electrons. The Balaban J connectivity index is 1.82. The van der Waals surface area contributed by atoms with Gasteiger partial charge in [-0.1, -0.05) is 140 Å². The Morgan fingerprint density at radius 2 is 0.595 bits per heavy atom. The van der Waals surface area contributed by atoms with Crippen molar-refractivity contribution in [1.29, 1.82) is 0 Å². The highest BCUT2D eigenvalue weighted by Crippen LogP contribution is 2.50. The van der Waals surface area contributed by atoms with Crippen LogP contribution in [0.25, 0.3) is 22.3 Å². The normalized spacial score (nSPS) is 13.2. The molecule has 0 fully saturated rings. The smallest absolute Gasteiger partial charge is 0.234 e. The van der Waals surface area contributed by atoms with Gasteiger partial charge in [-0.25, -0.2) is 0 Å². The summed E-state index contributed by atoms with van der Waals surface area (Å²) in [6.45, 7) is 0. The predicted octanol–water partition coefficient (Wildman–Crippen LogP) is 8.51. The van der Waals surface area contributed by atoms with Crippen LogP contribution < -0.4 is 0 Å². The third-order valence-electron chi connectivity index (χ3n) is 6.67. The number of hydrogen-bond acceptors (Lipinski definition) is 1. The van der Waals surface area contributed by atoms with Gasteiger partial charge in [-0.2, -0.15) is 4.74 Å². The van der Waals surface area contributed by atoms with Crippen molar-refractivity contribution in [3.8, 4) is 0 Å². The number of allylic oxidation sites excluding steroid dienone is 4. The number of para-hydroxylation sites is 1. The molecule has 0 atom stereocenters. The second kappa shape index (κ2) is 9.96. The molecule has 37 heavy (non-hydrogen) atoms. The van der Waals surface area contributed by atoms with Crippen LogP contribution >= 0.6 is 0 Å². The lowest BCUT2D eigenvalue weighted by atomic mass is 9.89. The van der Waals surface area contributed by atoms with Crippen LogP contribution in [0.3, 0.4) is 0 Å². The zero-order valence-electron chi connectivity index (χ0n) is 20.3. The molecule has 0 aromatic heterocycles. The minimum atomic E-state index is 0.598. The van der Waals surface area contributed by atoms with Gasteiger partial charge in [-0.15, -0.1) is 0 Å². The van der Waals surface area contributed by atoms with E-state index in [1.807, 2.05) is 78.9 Å². The van der Waals surface area contributed by atoms with Gasteiger partial charge in [0.15, 0.2) is 0 Å². The topological polar surface area (TPSA) is 26.1 Å².